The molecule has 8 nitrogen and oxygen atoms in total. The summed E-state index contributed by atoms with van der Waals surface area (Å²) in [5.41, 5.74) is 3.42. The number of carbonyl (C=O) groups excluding carboxylic acids is 2. The summed E-state index contributed by atoms with van der Waals surface area (Å²) in [7, 11) is 6.50. The molecule has 1 aliphatic carbocycles. The molecule has 2 N–H and O–H groups in total. The van der Waals surface area contributed by atoms with Gasteiger partial charge in [0.2, 0.25) is 11.8 Å². The van der Waals surface area contributed by atoms with Gasteiger partial charge in [0.05, 0.1) is 28.4 Å². The molecule has 3 rings (SSSR count). The monoisotopic (exact) mass is 498 g/mol. The largest absolute Gasteiger partial charge is 0.493 e. The van der Waals surface area contributed by atoms with Crippen molar-refractivity contribution in [1.82, 2.24) is 10.6 Å². The van der Waals surface area contributed by atoms with Gasteiger partial charge in [-0.25, -0.2) is 0 Å². The van der Waals surface area contributed by atoms with Crippen LogP contribution in [0.2, 0.25) is 0 Å². The van der Waals surface area contributed by atoms with Crippen LogP contribution in [0, 0.1) is 0 Å². The Labute approximate surface area is 213 Å². The smallest absolute Gasteiger partial charge is 0.220 e. The van der Waals surface area contributed by atoms with Gasteiger partial charge >= 0.3 is 0 Å². The van der Waals surface area contributed by atoms with E-state index in [2.05, 4.69) is 16.7 Å². The van der Waals surface area contributed by atoms with Crippen molar-refractivity contribution < 1.29 is 28.5 Å². The van der Waals surface area contributed by atoms with Crippen LogP contribution in [0.1, 0.15) is 48.8 Å². The number of fused-ring (bicyclic) bond motifs is 1. The lowest BCUT2D eigenvalue weighted by Crippen LogP contribution is -2.38. The molecule has 0 aliphatic heterocycles. The molecular formula is C28H38N2O6. The predicted octanol–water partition coefficient (Wildman–Crippen LogP) is 3.61. The van der Waals surface area contributed by atoms with Gasteiger partial charge in [0.15, 0.2) is 23.0 Å². The predicted molar refractivity (Wildman–Crippen MR) is 138 cm³/mol. The SMILES string of the molecule is COc1ccc(CCNC(=O)CCCCC(=O)NC2CCc3c(ccc(OC)c3OC)C2)cc1OC. The van der Waals surface area contributed by atoms with Crippen molar-refractivity contribution in [3.8, 4) is 23.0 Å². The van der Waals surface area contributed by atoms with Crippen LogP contribution in [0.15, 0.2) is 30.3 Å². The standard InChI is InChI=1S/C28H38N2O6/c1-33-23-13-9-19(17-25(23)35-3)15-16-29-26(31)7-5-6-8-27(32)30-21-11-12-22-20(18-21)10-14-24(34-2)28(22)36-4/h9-10,13-14,17,21H,5-8,11-12,15-16,18H2,1-4H3,(H,29,31)(H,30,32). The number of amides is 2. The molecule has 0 aromatic heterocycles. The molecule has 196 valence electrons. The van der Waals surface area contributed by atoms with Crippen LogP contribution in [-0.4, -0.2) is 52.8 Å². The third-order valence-corrected chi connectivity index (χ3v) is 6.56. The van der Waals surface area contributed by atoms with E-state index in [-0.39, 0.29) is 17.9 Å². The molecule has 0 saturated heterocycles. The Morgan fingerprint density at radius 2 is 1.56 bits per heavy atom. The van der Waals surface area contributed by atoms with Crippen molar-refractivity contribution in [2.24, 2.45) is 0 Å². The van der Waals surface area contributed by atoms with E-state index in [1.165, 1.54) is 11.1 Å². The van der Waals surface area contributed by atoms with Crippen molar-refractivity contribution in [3.63, 3.8) is 0 Å². The number of benzene rings is 2. The van der Waals surface area contributed by atoms with Crippen LogP contribution < -0.4 is 29.6 Å². The molecule has 0 heterocycles. The highest BCUT2D eigenvalue weighted by Crippen LogP contribution is 2.37. The maximum absolute atomic E-state index is 12.4. The quantitative estimate of drug-likeness (QED) is 0.410. The molecule has 0 fully saturated rings. The lowest BCUT2D eigenvalue weighted by molar-refractivity contribution is -0.123. The number of hydrogen-bond acceptors (Lipinski definition) is 6. The summed E-state index contributed by atoms with van der Waals surface area (Å²) < 4.78 is 21.5. The second kappa shape index (κ2) is 13.6. The number of carbonyl (C=O) groups is 2. The van der Waals surface area contributed by atoms with E-state index >= 15 is 0 Å². The zero-order valence-corrected chi connectivity index (χ0v) is 21.8. The molecule has 0 saturated carbocycles. The molecule has 2 aromatic rings. The fraction of sp³-hybridized carbons (Fsp3) is 0.500. The first kappa shape index (κ1) is 27.2. The summed E-state index contributed by atoms with van der Waals surface area (Å²) in [6, 6.07) is 9.83. The van der Waals surface area contributed by atoms with Crippen LogP contribution in [0.4, 0.5) is 0 Å². The van der Waals surface area contributed by atoms with Crippen molar-refractivity contribution in [2.75, 3.05) is 35.0 Å². The van der Waals surface area contributed by atoms with E-state index in [9.17, 15) is 9.59 Å². The Kier molecular flexibility index (Phi) is 10.3. The van der Waals surface area contributed by atoms with Crippen LogP contribution >= 0.6 is 0 Å². The van der Waals surface area contributed by atoms with Gasteiger partial charge in [-0.2, -0.15) is 0 Å². The summed E-state index contributed by atoms with van der Waals surface area (Å²) in [5, 5.41) is 6.10. The van der Waals surface area contributed by atoms with Gasteiger partial charge in [-0.3, -0.25) is 9.59 Å². The number of ether oxygens (including phenoxy) is 4. The van der Waals surface area contributed by atoms with Crippen molar-refractivity contribution in [3.05, 3.63) is 47.0 Å². The maximum Gasteiger partial charge on any atom is 0.220 e. The highest BCUT2D eigenvalue weighted by atomic mass is 16.5. The fourth-order valence-electron chi connectivity index (χ4n) is 4.65. The molecule has 1 atom stereocenters. The number of hydrogen-bond donors (Lipinski definition) is 2. The van der Waals surface area contributed by atoms with Crippen LogP contribution in [0.25, 0.3) is 0 Å². The minimum atomic E-state index is 0.00384. The average Bonchev–Trinajstić information content (AvgIpc) is 2.90. The molecule has 0 radical (unpaired) electrons. The normalized spacial score (nSPS) is 14.4. The summed E-state index contributed by atoms with van der Waals surface area (Å²) in [5.74, 6) is 2.94. The fourth-order valence-corrected chi connectivity index (χ4v) is 4.65. The molecule has 2 aromatic carbocycles. The first-order valence-corrected chi connectivity index (χ1v) is 12.5. The van der Waals surface area contributed by atoms with E-state index in [4.69, 9.17) is 18.9 Å². The lowest BCUT2D eigenvalue weighted by Gasteiger charge is -2.27. The van der Waals surface area contributed by atoms with Gasteiger partial charge in [0, 0.05) is 31.0 Å². The number of methoxy groups -OCH3 is 4. The highest BCUT2D eigenvalue weighted by Gasteiger charge is 2.24. The zero-order valence-electron chi connectivity index (χ0n) is 21.8. The van der Waals surface area contributed by atoms with E-state index in [0.717, 1.165) is 36.3 Å². The summed E-state index contributed by atoms with van der Waals surface area (Å²) in [4.78, 5) is 24.6. The third-order valence-electron chi connectivity index (χ3n) is 6.56. The van der Waals surface area contributed by atoms with Crippen molar-refractivity contribution >= 4 is 11.8 Å². The van der Waals surface area contributed by atoms with Crippen molar-refractivity contribution in [1.29, 1.82) is 0 Å². The minimum absolute atomic E-state index is 0.00384. The zero-order chi connectivity index (χ0) is 25.9. The average molecular weight is 499 g/mol. The Morgan fingerprint density at radius 3 is 2.25 bits per heavy atom. The van der Waals surface area contributed by atoms with Crippen LogP contribution in [0.3, 0.4) is 0 Å². The molecule has 8 heteroatoms. The molecule has 1 aliphatic rings. The topological polar surface area (TPSA) is 95.1 Å². The van der Waals surface area contributed by atoms with Crippen LogP contribution in [-0.2, 0) is 28.9 Å². The second-order valence-electron chi connectivity index (χ2n) is 8.94. The first-order chi connectivity index (χ1) is 17.5. The number of nitrogens with one attached hydrogen (secondary N) is 2. The first-order valence-electron chi connectivity index (χ1n) is 12.5. The highest BCUT2D eigenvalue weighted by molar-refractivity contribution is 5.77. The molecular weight excluding hydrogens is 460 g/mol. The number of unbranched alkanes of at least 4 members (excludes halogenated alkanes) is 1. The maximum atomic E-state index is 12.4. The van der Waals surface area contributed by atoms with E-state index < -0.39 is 0 Å². The van der Waals surface area contributed by atoms with Gasteiger partial charge < -0.3 is 29.6 Å². The number of rotatable bonds is 13. The van der Waals surface area contributed by atoms with Crippen molar-refractivity contribution in [2.45, 2.75) is 57.4 Å². The van der Waals surface area contributed by atoms with E-state index in [0.29, 0.717) is 50.1 Å². The summed E-state index contributed by atoms with van der Waals surface area (Å²) in [6.45, 7) is 0.550. The second-order valence-corrected chi connectivity index (χ2v) is 8.94. The lowest BCUT2D eigenvalue weighted by atomic mass is 9.87. The Bertz CT molecular complexity index is 1040. The third kappa shape index (κ3) is 7.29. The molecule has 2 amide bonds. The summed E-state index contributed by atoms with van der Waals surface area (Å²) in [6.07, 6.45) is 5.39. The van der Waals surface area contributed by atoms with Crippen LogP contribution in [0.5, 0.6) is 23.0 Å². The van der Waals surface area contributed by atoms with Gasteiger partial charge in [0.25, 0.3) is 0 Å². The molecule has 36 heavy (non-hydrogen) atoms. The molecule has 1 unspecified atom stereocenters. The minimum Gasteiger partial charge on any atom is -0.493 e. The summed E-state index contributed by atoms with van der Waals surface area (Å²) >= 11 is 0. The van der Waals surface area contributed by atoms with Gasteiger partial charge in [-0.05, 0) is 67.9 Å². The van der Waals surface area contributed by atoms with Gasteiger partial charge in [-0.15, -0.1) is 0 Å². The Hall–Kier alpha value is -3.42. The van der Waals surface area contributed by atoms with E-state index in [1.54, 1.807) is 28.4 Å². The Morgan fingerprint density at radius 1 is 0.861 bits per heavy atom. The van der Waals surface area contributed by atoms with Gasteiger partial charge in [0.1, 0.15) is 0 Å². The molecule has 0 bridgehead atoms. The molecule has 0 spiro atoms. The van der Waals surface area contributed by atoms with E-state index in [1.807, 2.05) is 24.3 Å². The Balaban J connectivity index is 1.32. The van der Waals surface area contributed by atoms with Gasteiger partial charge in [-0.1, -0.05) is 12.1 Å².